The largest absolute Gasteiger partial charge is 0.504 e. The molecule has 3 N–H and O–H groups in total. The van der Waals surface area contributed by atoms with Gasteiger partial charge in [0.1, 0.15) is 5.56 Å². The third-order valence-electron chi connectivity index (χ3n) is 4.90. The summed E-state index contributed by atoms with van der Waals surface area (Å²) in [6.45, 7) is 0. The number of anilines is 1. The van der Waals surface area contributed by atoms with Gasteiger partial charge in [0.25, 0.3) is 0 Å². The quantitative estimate of drug-likeness (QED) is 0.646. The van der Waals surface area contributed by atoms with Crippen LogP contribution in [0.2, 0.25) is 0 Å². The Morgan fingerprint density at radius 2 is 1.96 bits per heavy atom. The molecular weight excluding hydrogens is 360 g/mol. The predicted molar refractivity (Wildman–Crippen MR) is 102 cm³/mol. The molecule has 2 heterocycles. The first-order chi connectivity index (χ1) is 13.5. The summed E-state index contributed by atoms with van der Waals surface area (Å²) in [6, 6.07) is 14.3. The number of carbonyl (C=O) groups excluding carboxylic acids is 1. The molecule has 1 aromatic heterocycles. The third kappa shape index (κ3) is 2.87. The van der Waals surface area contributed by atoms with Crippen LogP contribution in [-0.2, 0) is 4.79 Å². The maximum absolute atomic E-state index is 12.3. The Morgan fingerprint density at radius 1 is 1.21 bits per heavy atom. The Balaban J connectivity index is 1.94. The molecule has 1 aliphatic heterocycles. The number of benzene rings is 2. The van der Waals surface area contributed by atoms with Crippen LogP contribution in [-0.4, -0.2) is 33.8 Å². The second kappa shape index (κ2) is 6.77. The highest BCUT2D eigenvalue weighted by molar-refractivity contribution is 6.04. The van der Waals surface area contributed by atoms with Crippen molar-refractivity contribution in [3.05, 3.63) is 71.5 Å². The van der Waals surface area contributed by atoms with E-state index < -0.39 is 11.9 Å². The minimum absolute atomic E-state index is 0.0228. The summed E-state index contributed by atoms with van der Waals surface area (Å²) in [7, 11) is 1.46. The molecule has 1 amide bonds. The highest BCUT2D eigenvalue weighted by Gasteiger charge is 2.34. The number of aromatic nitrogens is 1. The van der Waals surface area contributed by atoms with Crippen molar-refractivity contribution in [2.75, 3.05) is 12.4 Å². The fraction of sp³-hybridized carbons (Fsp3) is 0.143. The minimum Gasteiger partial charge on any atom is -0.504 e. The zero-order chi connectivity index (χ0) is 19.8. The van der Waals surface area contributed by atoms with E-state index in [4.69, 9.17) is 4.74 Å². The number of ether oxygens (including phenoxy) is 1. The van der Waals surface area contributed by atoms with Gasteiger partial charge in [0.2, 0.25) is 5.91 Å². The van der Waals surface area contributed by atoms with E-state index in [0.29, 0.717) is 17.0 Å². The highest BCUT2D eigenvalue weighted by atomic mass is 16.5. The lowest BCUT2D eigenvalue weighted by Gasteiger charge is -2.26. The molecule has 1 aliphatic rings. The van der Waals surface area contributed by atoms with Crippen molar-refractivity contribution in [3.63, 3.8) is 0 Å². The van der Waals surface area contributed by atoms with Crippen LogP contribution in [0.4, 0.5) is 5.69 Å². The number of nitrogens with zero attached hydrogens (tertiary/aromatic N) is 1. The molecule has 4 rings (SSSR count). The Labute approximate surface area is 160 Å². The summed E-state index contributed by atoms with van der Waals surface area (Å²) >= 11 is 0. The van der Waals surface area contributed by atoms with Crippen LogP contribution in [0.3, 0.4) is 0 Å². The summed E-state index contributed by atoms with van der Waals surface area (Å²) in [5.41, 5.74) is 2.45. The fourth-order valence-electron chi connectivity index (χ4n) is 3.63. The van der Waals surface area contributed by atoms with Crippen molar-refractivity contribution >= 4 is 17.6 Å². The van der Waals surface area contributed by atoms with E-state index in [-0.39, 0.29) is 29.3 Å². The molecule has 0 fully saturated rings. The minimum atomic E-state index is -1.12. The van der Waals surface area contributed by atoms with Crippen molar-refractivity contribution in [1.82, 2.24) is 4.57 Å². The number of amides is 1. The number of methoxy groups -OCH3 is 1. The number of aromatic carboxylic acids is 1. The normalized spacial score (nSPS) is 15.6. The van der Waals surface area contributed by atoms with Crippen LogP contribution in [0.5, 0.6) is 11.5 Å². The van der Waals surface area contributed by atoms with Gasteiger partial charge in [0.15, 0.2) is 11.5 Å². The Bertz CT molecular complexity index is 1070. The first-order valence-corrected chi connectivity index (χ1v) is 8.70. The van der Waals surface area contributed by atoms with Crippen LogP contribution in [0.15, 0.2) is 54.7 Å². The fourth-order valence-corrected chi connectivity index (χ4v) is 3.63. The van der Waals surface area contributed by atoms with Gasteiger partial charge in [0, 0.05) is 24.2 Å². The molecule has 142 valence electrons. The van der Waals surface area contributed by atoms with Crippen LogP contribution >= 0.6 is 0 Å². The number of hydrogen-bond acceptors (Lipinski definition) is 4. The van der Waals surface area contributed by atoms with E-state index in [1.54, 1.807) is 22.8 Å². The number of phenolic OH excluding ortho intramolecular Hbond substituents is 1. The number of carboxylic acids is 1. The van der Waals surface area contributed by atoms with Gasteiger partial charge in [-0.25, -0.2) is 4.79 Å². The molecule has 0 saturated carbocycles. The molecule has 7 nitrogen and oxygen atoms in total. The number of para-hydroxylation sites is 1. The third-order valence-corrected chi connectivity index (χ3v) is 4.90. The lowest BCUT2D eigenvalue weighted by molar-refractivity contribution is -0.116. The lowest BCUT2D eigenvalue weighted by Crippen LogP contribution is -2.25. The van der Waals surface area contributed by atoms with Crippen molar-refractivity contribution in [2.45, 2.75) is 12.3 Å². The van der Waals surface area contributed by atoms with E-state index in [2.05, 4.69) is 5.32 Å². The maximum Gasteiger partial charge on any atom is 0.339 e. The second-order valence-electron chi connectivity index (χ2n) is 6.55. The highest BCUT2D eigenvalue weighted by Crippen LogP contribution is 2.43. The topological polar surface area (TPSA) is 101 Å². The SMILES string of the molecule is COc1ccc([C@H]2CC(=O)Nc3c(C(=O)O)cn(-c4ccccc4)c32)cc1O. The van der Waals surface area contributed by atoms with Crippen LogP contribution in [0.1, 0.15) is 34.0 Å². The Morgan fingerprint density at radius 3 is 2.61 bits per heavy atom. The molecule has 0 radical (unpaired) electrons. The average molecular weight is 378 g/mol. The van der Waals surface area contributed by atoms with Crippen molar-refractivity contribution in [2.24, 2.45) is 0 Å². The van der Waals surface area contributed by atoms with E-state index in [0.717, 1.165) is 5.69 Å². The van der Waals surface area contributed by atoms with E-state index in [1.165, 1.54) is 13.3 Å². The smallest absolute Gasteiger partial charge is 0.339 e. The van der Waals surface area contributed by atoms with E-state index in [1.807, 2.05) is 30.3 Å². The zero-order valence-corrected chi connectivity index (χ0v) is 15.0. The number of nitrogens with one attached hydrogen (secondary N) is 1. The predicted octanol–water partition coefficient (Wildman–Crippen LogP) is 3.36. The summed E-state index contributed by atoms with van der Waals surface area (Å²) in [4.78, 5) is 24.1. The van der Waals surface area contributed by atoms with Crippen LogP contribution < -0.4 is 10.1 Å². The van der Waals surface area contributed by atoms with Gasteiger partial charge in [-0.05, 0) is 29.8 Å². The number of aromatic hydroxyl groups is 1. The summed E-state index contributed by atoms with van der Waals surface area (Å²) < 4.78 is 6.88. The maximum atomic E-state index is 12.3. The summed E-state index contributed by atoms with van der Waals surface area (Å²) in [6.07, 6.45) is 1.65. The second-order valence-corrected chi connectivity index (χ2v) is 6.55. The Hall–Kier alpha value is -3.74. The average Bonchev–Trinajstić information content (AvgIpc) is 3.07. The van der Waals surface area contributed by atoms with Crippen molar-refractivity contribution < 1.29 is 24.5 Å². The number of phenols is 1. The number of carbonyl (C=O) groups is 2. The number of carboxylic acid groups (broad SMARTS) is 1. The van der Waals surface area contributed by atoms with Crippen molar-refractivity contribution in [3.8, 4) is 17.2 Å². The molecule has 2 aromatic carbocycles. The molecule has 0 bridgehead atoms. The van der Waals surface area contributed by atoms with Gasteiger partial charge in [-0.1, -0.05) is 24.3 Å². The van der Waals surface area contributed by atoms with Crippen LogP contribution in [0, 0.1) is 0 Å². The van der Waals surface area contributed by atoms with Gasteiger partial charge in [-0.3, -0.25) is 4.79 Å². The summed E-state index contributed by atoms with van der Waals surface area (Å²) in [5, 5.41) is 22.5. The lowest BCUT2D eigenvalue weighted by atomic mass is 9.88. The molecule has 28 heavy (non-hydrogen) atoms. The van der Waals surface area contributed by atoms with Gasteiger partial charge in [-0.2, -0.15) is 0 Å². The van der Waals surface area contributed by atoms with E-state index in [9.17, 15) is 19.8 Å². The summed E-state index contributed by atoms with van der Waals surface area (Å²) in [5.74, 6) is -1.53. The van der Waals surface area contributed by atoms with Gasteiger partial charge < -0.3 is 24.8 Å². The number of rotatable bonds is 4. The molecule has 1 atom stereocenters. The molecule has 0 unspecified atom stereocenters. The molecule has 0 saturated heterocycles. The number of hydrogen-bond donors (Lipinski definition) is 3. The number of fused-ring (bicyclic) bond motifs is 1. The monoisotopic (exact) mass is 378 g/mol. The van der Waals surface area contributed by atoms with Gasteiger partial charge in [0.05, 0.1) is 18.5 Å². The van der Waals surface area contributed by atoms with Crippen molar-refractivity contribution in [1.29, 1.82) is 0 Å². The molecule has 0 spiro atoms. The molecule has 0 aliphatic carbocycles. The zero-order valence-electron chi connectivity index (χ0n) is 15.0. The van der Waals surface area contributed by atoms with E-state index >= 15 is 0 Å². The Kier molecular flexibility index (Phi) is 4.27. The molecule has 7 heteroatoms. The first kappa shape index (κ1) is 17.7. The first-order valence-electron chi connectivity index (χ1n) is 8.70. The van der Waals surface area contributed by atoms with Gasteiger partial charge >= 0.3 is 5.97 Å². The standard InChI is InChI=1S/C21H18N2O5/c1-28-17-8-7-12(9-16(17)24)14-10-18(25)22-19-15(21(26)27)11-23(20(14)19)13-5-3-2-4-6-13/h2-9,11,14,24H,10H2,1H3,(H,22,25)(H,26,27)/t14-/m1/s1. The van der Waals surface area contributed by atoms with Gasteiger partial charge in [-0.15, -0.1) is 0 Å². The van der Waals surface area contributed by atoms with Crippen LogP contribution in [0.25, 0.3) is 5.69 Å². The molecular formula is C21H18N2O5. The molecule has 3 aromatic rings.